The van der Waals surface area contributed by atoms with Crippen LogP contribution in [0, 0.1) is 0 Å². The Morgan fingerprint density at radius 2 is 1.59 bits per heavy atom. The standard InChI is InChI=1S/C21H26N2O5S/c1-3-20(28-18-7-5-4-6-8-18)21(24)22-13-15-23(16-14-22)29(25,26)19-11-9-17(27-2)10-12-19/h4-12,20H,3,13-16H2,1-2H3/t20-/m1/s1. The Kier molecular flexibility index (Phi) is 6.76. The van der Waals surface area contributed by atoms with Gasteiger partial charge in [0, 0.05) is 26.2 Å². The predicted octanol–water partition coefficient (Wildman–Crippen LogP) is 2.39. The summed E-state index contributed by atoms with van der Waals surface area (Å²) in [5, 5.41) is 0. The summed E-state index contributed by atoms with van der Waals surface area (Å²) in [6.45, 7) is 3.07. The summed E-state index contributed by atoms with van der Waals surface area (Å²) in [5.41, 5.74) is 0. The highest BCUT2D eigenvalue weighted by atomic mass is 32.2. The fourth-order valence-corrected chi connectivity index (χ4v) is 4.64. The van der Waals surface area contributed by atoms with Gasteiger partial charge < -0.3 is 14.4 Å². The number of piperazine rings is 1. The fourth-order valence-electron chi connectivity index (χ4n) is 3.22. The average Bonchev–Trinajstić information content (AvgIpc) is 2.78. The minimum atomic E-state index is -3.60. The number of carbonyl (C=O) groups is 1. The van der Waals surface area contributed by atoms with Crippen molar-refractivity contribution in [3.8, 4) is 11.5 Å². The summed E-state index contributed by atoms with van der Waals surface area (Å²) in [5.74, 6) is 1.13. The number of nitrogens with zero attached hydrogens (tertiary/aromatic N) is 2. The first-order valence-corrected chi connectivity index (χ1v) is 11.0. The van der Waals surface area contributed by atoms with E-state index in [1.807, 2.05) is 37.3 Å². The first kappa shape index (κ1) is 21.1. The molecule has 0 saturated carbocycles. The van der Waals surface area contributed by atoms with Gasteiger partial charge in [0.1, 0.15) is 11.5 Å². The van der Waals surface area contributed by atoms with Crippen molar-refractivity contribution in [3.63, 3.8) is 0 Å². The van der Waals surface area contributed by atoms with Gasteiger partial charge in [0.05, 0.1) is 12.0 Å². The zero-order valence-electron chi connectivity index (χ0n) is 16.7. The second-order valence-corrected chi connectivity index (χ2v) is 8.67. The van der Waals surface area contributed by atoms with Crippen LogP contribution in [0.1, 0.15) is 13.3 Å². The molecule has 7 nitrogen and oxygen atoms in total. The summed E-state index contributed by atoms with van der Waals surface area (Å²) in [7, 11) is -2.07. The van der Waals surface area contributed by atoms with Crippen molar-refractivity contribution in [2.45, 2.75) is 24.3 Å². The largest absolute Gasteiger partial charge is 0.497 e. The maximum atomic E-state index is 12.9. The van der Waals surface area contributed by atoms with Gasteiger partial charge in [0.25, 0.3) is 5.91 Å². The van der Waals surface area contributed by atoms with Crippen LogP contribution in [0.2, 0.25) is 0 Å². The number of para-hydroxylation sites is 1. The van der Waals surface area contributed by atoms with Crippen molar-refractivity contribution in [1.82, 2.24) is 9.21 Å². The monoisotopic (exact) mass is 418 g/mol. The Bertz CT molecular complexity index is 908. The second kappa shape index (κ2) is 9.28. The van der Waals surface area contributed by atoms with Crippen LogP contribution in [0.3, 0.4) is 0 Å². The zero-order valence-corrected chi connectivity index (χ0v) is 17.5. The Balaban J connectivity index is 1.62. The van der Waals surface area contributed by atoms with E-state index >= 15 is 0 Å². The maximum Gasteiger partial charge on any atom is 0.263 e. The van der Waals surface area contributed by atoms with E-state index < -0.39 is 16.1 Å². The molecule has 2 aromatic rings. The molecule has 1 heterocycles. The van der Waals surface area contributed by atoms with Crippen molar-refractivity contribution in [2.24, 2.45) is 0 Å². The number of sulfonamides is 1. The van der Waals surface area contributed by atoms with Gasteiger partial charge in [-0.3, -0.25) is 4.79 Å². The molecular weight excluding hydrogens is 392 g/mol. The topological polar surface area (TPSA) is 76.2 Å². The molecule has 29 heavy (non-hydrogen) atoms. The molecular formula is C21H26N2O5S. The van der Waals surface area contributed by atoms with Crippen LogP contribution in [-0.2, 0) is 14.8 Å². The van der Waals surface area contributed by atoms with E-state index in [9.17, 15) is 13.2 Å². The maximum absolute atomic E-state index is 12.9. The third-order valence-electron chi connectivity index (χ3n) is 4.92. The van der Waals surface area contributed by atoms with Crippen molar-refractivity contribution in [2.75, 3.05) is 33.3 Å². The lowest BCUT2D eigenvalue weighted by molar-refractivity contribution is -0.140. The summed E-state index contributed by atoms with van der Waals surface area (Å²) in [6.07, 6.45) is -0.0416. The molecule has 1 aliphatic rings. The first-order chi connectivity index (χ1) is 14.0. The van der Waals surface area contributed by atoms with Crippen LogP contribution < -0.4 is 9.47 Å². The van der Waals surface area contributed by atoms with Crippen molar-refractivity contribution < 1.29 is 22.7 Å². The van der Waals surface area contributed by atoms with Gasteiger partial charge in [0.15, 0.2) is 6.10 Å². The van der Waals surface area contributed by atoms with Crippen LogP contribution in [0.5, 0.6) is 11.5 Å². The molecule has 0 aliphatic carbocycles. The molecule has 0 unspecified atom stereocenters. The van der Waals surface area contributed by atoms with Gasteiger partial charge in [-0.15, -0.1) is 0 Å². The molecule has 3 rings (SSSR count). The number of benzene rings is 2. The predicted molar refractivity (Wildman–Crippen MR) is 109 cm³/mol. The highest BCUT2D eigenvalue weighted by molar-refractivity contribution is 7.89. The molecule has 8 heteroatoms. The number of hydrogen-bond donors (Lipinski definition) is 0. The first-order valence-electron chi connectivity index (χ1n) is 9.60. The molecule has 1 amide bonds. The van der Waals surface area contributed by atoms with Crippen LogP contribution >= 0.6 is 0 Å². The highest BCUT2D eigenvalue weighted by Crippen LogP contribution is 2.21. The zero-order chi connectivity index (χ0) is 20.9. The van der Waals surface area contributed by atoms with Gasteiger partial charge in [0.2, 0.25) is 10.0 Å². The number of hydrogen-bond acceptors (Lipinski definition) is 5. The minimum Gasteiger partial charge on any atom is -0.497 e. The number of ether oxygens (including phenoxy) is 2. The Labute approximate surface area is 171 Å². The van der Waals surface area contributed by atoms with Gasteiger partial charge >= 0.3 is 0 Å². The van der Waals surface area contributed by atoms with Gasteiger partial charge in [-0.2, -0.15) is 4.31 Å². The van der Waals surface area contributed by atoms with Gasteiger partial charge in [-0.05, 0) is 42.8 Å². The molecule has 0 bridgehead atoms. The van der Waals surface area contributed by atoms with Gasteiger partial charge in [-0.25, -0.2) is 8.42 Å². The molecule has 0 N–H and O–H groups in total. The Hall–Kier alpha value is -2.58. The van der Waals surface area contributed by atoms with E-state index in [1.54, 1.807) is 17.0 Å². The third-order valence-corrected chi connectivity index (χ3v) is 6.83. The van der Waals surface area contributed by atoms with E-state index in [0.29, 0.717) is 31.0 Å². The molecule has 0 aromatic heterocycles. The SMILES string of the molecule is CC[C@@H](Oc1ccccc1)C(=O)N1CCN(S(=O)(=O)c2ccc(OC)cc2)CC1. The van der Waals surface area contributed by atoms with E-state index in [-0.39, 0.29) is 23.9 Å². The molecule has 2 aromatic carbocycles. The average molecular weight is 419 g/mol. The van der Waals surface area contributed by atoms with Crippen LogP contribution in [0.15, 0.2) is 59.5 Å². The van der Waals surface area contributed by atoms with Crippen molar-refractivity contribution in [1.29, 1.82) is 0 Å². The van der Waals surface area contributed by atoms with Crippen LogP contribution in [0.25, 0.3) is 0 Å². The second-order valence-electron chi connectivity index (χ2n) is 6.73. The van der Waals surface area contributed by atoms with E-state index in [1.165, 1.54) is 23.5 Å². The normalized spacial score (nSPS) is 16.3. The van der Waals surface area contributed by atoms with E-state index in [2.05, 4.69) is 0 Å². The molecule has 1 atom stereocenters. The molecule has 0 spiro atoms. The van der Waals surface area contributed by atoms with E-state index in [0.717, 1.165) is 0 Å². The van der Waals surface area contributed by atoms with E-state index in [4.69, 9.17) is 9.47 Å². The fraction of sp³-hybridized carbons (Fsp3) is 0.381. The molecule has 1 saturated heterocycles. The summed E-state index contributed by atoms with van der Waals surface area (Å²) in [6, 6.07) is 15.5. The number of carbonyl (C=O) groups excluding carboxylic acids is 1. The molecule has 1 fully saturated rings. The number of methoxy groups -OCH3 is 1. The van der Waals surface area contributed by atoms with Gasteiger partial charge in [-0.1, -0.05) is 25.1 Å². The lowest BCUT2D eigenvalue weighted by Crippen LogP contribution is -2.53. The Morgan fingerprint density at radius 1 is 0.966 bits per heavy atom. The Morgan fingerprint density at radius 3 is 2.14 bits per heavy atom. The number of rotatable bonds is 7. The third kappa shape index (κ3) is 4.89. The lowest BCUT2D eigenvalue weighted by atomic mass is 10.2. The molecule has 0 radical (unpaired) electrons. The summed E-state index contributed by atoms with van der Waals surface area (Å²) >= 11 is 0. The smallest absolute Gasteiger partial charge is 0.263 e. The van der Waals surface area contributed by atoms with Crippen LogP contribution in [-0.4, -0.2) is 62.9 Å². The summed E-state index contributed by atoms with van der Waals surface area (Å²) < 4.78 is 38.0. The van der Waals surface area contributed by atoms with Crippen molar-refractivity contribution >= 4 is 15.9 Å². The highest BCUT2D eigenvalue weighted by Gasteiger charge is 2.32. The number of amides is 1. The quantitative estimate of drug-likeness (QED) is 0.690. The lowest BCUT2D eigenvalue weighted by Gasteiger charge is -2.35. The minimum absolute atomic E-state index is 0.113. The van der Waals surface area contributed by atoms with Crippen molar-refractivity contribution in [3.05, 3.63) is 54.6 Å². The molecule has 156 valence electrons. The summed E-state index contributed by atoms with van der Waals surface area (Å²) in [4.78, 5) is 14.7. The molecule has 1 aliphatic heterocycles. The van der Waals surface area contributed by atoms with Crippen LogP contribution in [0.4, 0.5) is 0 Å².